The zero-order valence-electron chi connectivity index (χ0n) is 12.6. The van der Waals surface area contributed by atoms with Gasteiger partial charge in [-0.05, 0) is 19.8 Å². The van der Waals surface area contributed by atoms with Gasteiger partial charge < -0.3 is 25.5 Å². The van der Waals surface area contributed by atoms with E-state index < -0.39 is 31.6 Å². The fraction of sp³-hybridized carbons (Fsp3) is 0.750. The lowest BCUT2D eigenvalue weighted by molar-refractivity contribution is -0.142. The smallest absolute Gasteiger partial charge is 0.326 e. The normalized spacial score (nSPS) is 14.0. The quantitative estimate of drug-likeness (QED) is 0.273. The molecule has 5 N–H and O–H groups in total. The second-order valence-corrected chi connectivity index (χ2v) is 6.70. The summed E-state index contributed by atoms with van der Waals surface area (Å²) >= 11 is 0. The molecule has 0 aromatic heterocycles. The van der Waals surface area contributed by atoms with Crippen LogP contribution in [0.25, 0.3) is 0 Å². The van der Waals surface area contributed by atoms with Crippen molar-refractivity contribution in [3.63, 3.8) is 0 Å². The summed E-state index contributed by atoms with van der Waals surface area (Å²) in [6.07, 6.45) is 0.345. The Hall–Kier alpha value is -1.44. The van der Waals surface area contributed by atoms with Gasteiger partial charge in [-0.15, -0.1) is 0 Å². The number of aliphatic carboxylic acids is 1. The van der Waals surface area contributed by atoms with E-state index in [0.717, 1.165) is 0 Å². The van der Waals surface area contributed by atoms with Crippen LogP contribution < -0.4 is 10.6 Å². The van der Waals surface area contributed by atoms with Gasteiger partial charge in [0.05, 0.1) is 0 Å². The lowest BCUT2D eigenvalue weighted by Gasteiger charge is -2.18. The molecule has 0 aromatic rings. The van der Waals surface area contributed by atoms with E-state index in [1.165, 1.54) is 6.92 Å². The Morgan fingerprint density at radius 2 is 1.73 bits per heavy atom. The summed E-state index contributed by atoms with van der Waals surface area (Å²) in [5, 5.41) is 13.7. The van der Waals surface area contributed by atoms with Crippen molar-refractivity contribution in [3.8, 4) is 0 Å². The number of nitrogens with one attached hydrogen (secondary N) is 2. The minimum Gasteiger partial charge on any atom is -0.480 e. The first kappa shape index (κ1) is 20.6. The largest absolute Gasteiger partial charge is 0.480 e. The third-order valence-corrected chi connectivity index (χ3v) is 3.80. The van der Waals surface area contributed by atoms with Crippen LogP contribution in [-0.4, -0.2) is 50.9 Å². The first-order chi connectivity index (χ1) is 10.1. The summed E-state index contributed by atoms with van der Waals surface area (Å²) in [5.41, 5.74) is 0. The number of carboxylic acids is 1. The topological polar surface area (TPSA) is 153 Å². The molecule has 10 heteroatoms. The zero-order valence-corrected chi connectivity index (χ0v) is 13.5. The van der Waals surface area contributed by atoms with Gasteiger partial charge in [-0.2, -0.15) is 0 Å². The summed E-state index contributed by atoms with van der Waals surface area (Å²) in [6.45, 7) is 3.07. The van der Waals surface area contributed by atoms with E-state index in [1.54, 1.807) is 6.92 Å². The van der Waals surface area contributed by atoms with E-state index in [4.69, 9.17) is 14.9 Å². The van der Waals surface area contributed by atoms with Crippen LogP contribution >= 0.6 is 7.60 Å². The standard InChI is InChI=1S/C12H23N2O7P/c1-3-10(15)13-8(2)11(16)14-9(12(17)18)6-4-5-7-22(19,20)21/h8-9H,3-7H2,1-2H3,(H,13,15)(H,14,16)(H,17,18)(H2,19,20,21)/t8-,9-/m0/s1. The van der Waals surface area contributed by atoms with E-state index in [9.17, 15) is 18.9 Å². The first-order valence-electron chi connectivity index (χ1n) is 6.94. The molecule has 0 aromatic carbocycles. The zero-order chi connectivity index (χ0) is 17.3. The fourth-order valence-electron chi connectivity index (χ4n) is 1.63. The molecule has 2 atom stereocenters. The number of unbranched alkanes of at least 4 members (excludes halogenated alkanes) is 1. The molecule has 0 saturated carbocycles. The van der Waals surface area contributed by atoms with Gasteiger partial charge in [-0.3, -0.25) is 14.2 Å². The number of rotatable bonds is 10. The number of carboxylic acid groups (broad SMARTS) is 1. The average molecular weight is 338 g/mol. The summed E-state index contributed by atoms with van der Waals surface area (Å²) in [5.74, 6) is -2.18. The Balaban J connectivity index is 4.34. The third kappa shape index (κ3) is 9.49. The molecule has 0 heterocycles. The molecule has 0 aliphatic carbocycles. The molecule has 0 radical (unpaired) electrons. The second kappa shape index (κ2) is 9.55. The highest BCUT2D eigenvalue weighted by Gasteiger charge is 2.23. The average Bonchev–Trinajstić information content (AvgIpc) is 2.40. The van der Waals surface area contributed by atoms with Gasteiger partial charge in [-0.1, -0.05) is 13.3 Å². The van der Waals surface area contributed by atoms with Crippen molar-refractivity contribution >= 4 is 25.4 Å². The van der Waals surface area contributed by atoms with E-state index in [2.05, 4.69) is 10.6 Å². The summed E-state index contributed by atoms with van der Waals surface area (Å²) in [7, 11) is -4.09. The highest BCUT2D eigenvalue weighted by Crippen LogP contribution is 2.35. The second-order valence-electron chi connectivity index (χ2n) is 4.93. The molecule has 0 rings (SSSR count). The summed E-state index contributed by atoms with van der Waals surface area (Å²) in [6, 6.07) is -2.02. The third-order valence-electron chi connectivity index (χ3n) is 2.90. The molecule has 2 amide bonds. The van der Waals surface area contributed by atoms with Crippen molar-refractivity contribution in [2.75, 3.05) is 6.16 Å². The predicted molar refractivity (Wildman–Crippen MR) is 78.2 cm³/mol. The van der Waals surface area contributed by atoms with Gasteiger partial charge in [0.15, 0.2) is 0 Å². The molecule has 0 aliphatic rings. The van der Waals surface area contributed by atoms with Crippen LogP contribution in [0.15, 0.2) is 0 Å². The molecule has 0 unspecified atom stereocenters. The van der Waals surface area contributed by atoms with Crippen LogP contribution in [0, 0.1) is 0 Å². The van der Waals surface area contributed by atoms with Crippen molar-refractivity contribution in [2.24, 2.45) is 0 Å². The number of hydrogen-bond acceptors (Lipinski definition) is 4. The molecule has 128 valence electrons. The number of amides is 2. The molecule has 0 fully saturated rings. The van der Waals surface area contributed by atoms with Crippen molar-refractivity contribution in [1.29, 1.82) is 0 Å². The molecule has 0 spiro atoms. The maximum Gasteiger partial charge on any atom is 0.326 e. The summed E-state index contributed by atoms with van der Waals surface area (Å²) in [4.78, 5) is 51.4. The molecule has 0 aliphatic heterocycles. The Labute approximate surface area is 128 Å². The maximum atomic E-state index is 11.8. The van der Waals surface area contributed by atoms with E-state index >= 15 is 0 Å². The Kier molecular flexibility index (Phi) is 8.93. The van der Waals surface area contributed by atoms with Gasteiger partial charge in [-0.25, -0.2) is 4.79 Å². The lowest BCUT2D eigenvalue weighted by atomic mass is 10.1. The van der Waals surface area contributed by atoms with Crippen molar-refractivity contribution in [1.82, 2.24) is 10.6 Å². The number of hydrogen-bond donors (Lipinski definition) is 5. The van der Waals surface area contributed by atoms with Crippen LogP contribution in [0.3, 0.4) is 0 Å². The Bertz CT molecular complexity index is 449. The van der Waals surface area contributed by atoms with Crippen molar-refractivity contribution in [3.05, 3.63) is 0 Å². The Morgan fingerprint density at radius 1 is 1.14 bits per heavy atom. The Morgan fingerprint density at radius 3 is 2.18 bits per heavy atom. The van der Waals surface area contributed by atoms with E-state index in [1.807, 2.05) is 0 Å². The molecule has 0 saturated heterocycles. The van der Waals surface area contributed by atoms with Crippen LogP contribution in [0.1, 0.15) is 39.5 Å². The van der Waals surface area contributed by atoms with E-state index in [-0.39, 0.29) is 37.8 Å². The van der Waals surface area contributed by atoms with Gasteiger partial charge in [0.2, 0.25) is 11.8 Å². The van der Waals surface area contributed by atoms with E-state index in [0.29, 0.717) is 0 Å². The molecule has 9 nitrogen and oxygen atoms in total. The van der Waals surface area contributed by atoms with Gasteiger partial charge in [0, 0.05) is 12.6 Å². The minimum absolute atomic E-state index is 0.0511. The lowest BCUT2D eigenvalue weighted by Crippen LogP contribution is -2.50. The first-order valence-corrected chi connectivity index (χ1v) is 8.73. The van der Waals surface area contributed by atoms with Crippen molar-refractivity contribution in [2.45, 2.75) is 51.6 Å². The summed E-state index contributed by atoms with van der Waals surface area (Å²) < 4.78 is 10.7. The minimum atomic E-state index is -4.09. The molecular weight excluding hydrogens is 315 g/mol. The number of carbonyl (C=O) groups excluding carboxylic acids is 2. The molecule has 22 heavy (non-hydrogen) atoms. The monoisotopic (exact) mass is 338 g/mol. The highest BCUT2D eigenvalue weighted by molar-refractivity contribution is 7.51. The van der Waals surface area contributed by atoms with Crippen LogP contribution in [-0.2, 0) is 18.9 Å². The number of carbonyl (C=O) groups is 3. The van der Waals surface area contributed by atoms with Gasteiger partial charge >= 0.3 is 13.6 Å². The maximum absolute atomic E-state index is 11.8. The van der Waals surface area contributed by atoms with Gasteiger partial charge in [0.25, 0.3) is 0 Å². The highest BCUT2D eigenvalue weighted by atomic mass is 31.2. The van der Waals surface area contributed by atoms with Crippen LogP contribution in [0.4, 0.5) is 0 Å². The SMILES string of the molecule is CCC(=O)N[C@@H](C)C(=O)N[C@@H](CCCCP(=O)(O)O)C(=O)O. The van der Waals surface area contributed by atoms with Crippen LogP contribution in [0.2, 0.25) is 0 Å². The fourth-order valence-corrected chi connectivity index (χ4v) is 2.26. The molecule has 0 bridgehead atoms. The van der Waals surface area contributed by atoms with Crippen molar-refractivity contribution < 1.29 is 33.8 Å². The predicted octanol–water partition coefficient (Wildman–Crippen LogP) is -0.182. The van der Waals surface area contributed by atoms with Crippen LogP contribution in [0.5, 0.6) is 0 Å². The van der Waals surface area contributed by atoms with Gasteiger partial charge in [0.1, 0.15) is 12.1 Å². The molecular formula is C12H23N2O7P.